The number of amides is 1. The molecule has 0 unspecified atom stereocenters. The van der Waals surface area contributed by atoms with Crippen LogP contribution in [0.4, 0.5) is 0 Å². The van der Waals surface area contributed by atoms with Crippen molar-refractivity contribution in [2.45, 2.75) is 19.4 Å². The number of carbonyl (C=O) groups is 1. The molecule has 1 fully saturated rings. The lowest BCUT2D eigenvalue weighted by Crippen LogP contribution is -2.40. The van der Waals surface area contributed by atoms with Gasteiger partial charge in [0, 0.05) is 37.3 Å². The van der Waals surface area contributed by atoms with Gasteiger partial charge < -0.3 is 19.1 Å². The van der Waals surface area contributed by atoms with Crippen LogP contribution < -0.4 is 9.47 Å². The molecular formula is C26H30ClN3O4. The first-order valence-corrected chi connectivity index (χ1v) is 11.7. The van der Waals surface area contributed by atoms with Crippen LogP contribution in [0.1, 0.15) is 28.9 Å². The van der Waals surface area contributed by atoms with Crippen molar-refractivity contribution >= 4 is 17.5 Å². The predicted octanol–water partition coefficient (Wildman–Crippen LogP) is 4.83. The third-order valence-electron chi connectivity index (χ3n) is 6.22. The average molecular weight is 484 g/mol. The van der Waals surface area contributed by atoms with Gasteiger partial charge in [0.05, 0.1) is 26.5 Å². The molecule has 3 aromatic rings. The molecule has 0 N–H and O–H groups in total. The first-order valence-electron chi connectivity index (χ1n) is 11.4. The molecule has 0 spiro atoms. The highest BCUT2D eigenvalue weighted by Gasteiger charge is 2.26. The van der Waals surface area contributed by atoms with Crippen molar-refractivity contribution in [2.75, 3.05) is 33.9 Å². The van der Waals surface area contributed by atoms with E-state index in [0.717, 1.165) is 29.0 Å². The number of nitrogens with zero attached hydrogens (tertiary/aromatic N) is 3. The van der Waals surface area contributed by atoms with E-state index in [1.165, 1.54) is 0 Å². The Kier molecular flexibility index (Phi) is 7.75. The number of likely N-dealkylation sites (tertiary alicyclic amines) is 1. The lowest BCUT2D eigenvalue weighted by Gasteiger charge is -2.31. The fourth-order valence-corrected chi connectivity index (χ4v) is 4.33. The zero-order chi connectivity index (χ0) is 24.1. The number of rotatable bonds is 8. The predicted molar refractivity (Wildman–Crippen MR) is 131 cm³/mol. The zero-order valence-corrected chi connectivity index (χ0v) is 20.5. The molecule has 1 aliphatic rings. The molecule has 0 atom stereocenters. The summed E-state index contributed by atoms with van der Waals surface area (Å²) >= 11 is 5.93. The van der Waals surface area contributed by atoms with Gasteiger partial charge in [-0.2, -0.15) is 5.10 Å². The summed E-state index contributed by atoms with van der Waals surface area (Å²) in [5.74, 6) is 1.81. The molecule has 0 aliphatic carbocycles. The van der Waals surface area contributed by atoms with Gasteiger partial charge in [0.15, 0.2) is 0 Å². The number of halogens is 1. The van der Waals surface area contributed by atoms with E-state index in [2.05, 4.69) is 5.10 Å². The third kappa shape index (κ3) is 5.54. The second-order valence-electron chi connectivity index (χ2n) is 8.48. The average Bonchev–Trinajstić information content (AvgIpc) is 3.26. The van der Waals surface area contributed by atoms with Gasteiger partial charge in [0.2, 0.25) is 0 Å². The quantitative estimate of drug-likeness (QED) is 0.459. The number of piperidine rings is 1. The van der Waals surface area contributed by atoms with Crippen LogP contribution in [0.2, 0.25) is 5.02 Å². The Hall–Kier alpha value is -3.03. The summed E-state index contributed by atoms with van der Waals surface area (Å²) in [6.07, 6.45) is 1.83. The second kappa shape index (κ2) is 10.9. The van der Waals surface area contributed by atoms with E-state index in [9.17, 15) is 4.79 Å². The van der Waals surface area contributed by atoms with Crippen LogP contribution in [0.15, 0.2) is 48.5 Å². The molecule has 1 amide bonds. The Bertz CT molecular complexity index is 1120. The summed E-state index contributed by atoms with van der Waals surface area (Å²) in [5, 5.41) is 5.30. The topological polar surface area (TPSA) is 65.8 Å². The lowest BCUT2D eigenvalue weighted by molar-refractivity contribution is 0.0472. The molecule has 7 nitrogen and oxygen atoms in total. The molecule has 4 rings (SSSR count). The first-order chi connectivity index (χ1) is 16.5. The first kappa shape index (κ1) is 24.1. The second-order valence-corrected chi connectivity index (χ2v) is 8.92. The standard InChI is InChI=1S/C26H30ClN3O4/c1-29-24(15-23(28-29)22-14-21(32-2)8-9-25(22)33-3)26(31)30-12-10-19(11-13-30)17-34-16-18-4-6-20(27)7-5-18/h4-9,14-15,19H,10-13,16-17H2,1-3H3. The number of methoxy groups -OCH3 is 2. The van der Waals surface area contributed by atoms with Crippen molar-refractivity contribution < 1.29 is 19.0 Å². The molecule has 1 aromatic heterocycles. The maximum atomic E-state index is 13.2. The fourth-order valence-electron chi connectivity index (χ4n) is 4.20. The van der Waals surface area contributed by atoms with E-state index in [1.807, 2.05) is 53.4 Å². The van der Waals surface area contributed by atoms with Crippen molar-refractivity contribution in [3.8, 4) is 22.8 Å². The van der Waals surface area contributed by atoms with Crippen molar-refractivity contribution in [1.82, 2.24) is 14.7 Å². The molecule has 2 aromatic carbocycles. The smallest absolute Gasteiger partial charge is 0.272 e. The van der Waals surface area contributed by atoms with Gasteiger partial charge >= 0.3 is 0 Å². The van der Waals surface area contributed by atoms with Gasteiger partial charge in [-0.15, -0.1) is 0 Å². The van der Waals surface area contributed by atoms with Gasteiger partial charge in [0.25, 0.3) is 5.91 Å². The van der Waals surface area contributed by atoms with Crippen molar-refractivity contribution in [3.63, 3.8) is 0 Å². The van der Waals surface area contributed by atoms with Gasteiger partial charge in [-0.3, -0.25) is 9.48 Å². The monoisotopic (exact) mass is 483 g/mol. The minimum absolute atomic E-state index is 0.0105. The SMILES string of the molecule is COc1ccc(OC)c(-c2cc(C(=O)N3CCC(COCc4ccc(Cl)cc4)CC3)n(C)n2)c1. The van der Waals surface area contributed by atoms with Crippen LogP contribution in [0, 0.1) is 5.92 Å². The number of hydrogen-bond donors (Lipinski definition) is 0. The third-order valence-corrected chi connectivity index (χ3v) is 6.47. The summed E-state index contributed by atoms with van der Waals surface area (Å²) in [6, 6.07) is 15.1. The van der Waals surface area contributed by atoms with Crippen LogP contribution >= 0.6 is 11.6 Å². The number of ether oxygens (including phenoxy) is 3. The van der Waals surface area contributed by atoms with Crippen molar-refractivity contribution in [3.05, 3.63) is 64.8 Å². The molecule has 0 saturated carbocycles. The number of carbonyl (C=O) groups excluding carboxylic acids is 1. The minimum atomic E-state index is -0.0105. The molecule has 8 heteroatoms. The molecule has 180 valence electrons. The van der Waals surface area contributed by atoms with E-state index in [1.54, 1.807) is 25.9 Å². The molecule has 2 heterocycles. The Labute approximate surface area is 205 Å². The largest absolute Gasteiger partial charge is 0.497 e. The number of benzene rings is 2. The maximum absolute atomic E-state index is 13.2. The van der Waals surface area contributed by atoms with Crippen molar-refractivity contribution in [2.24, 2.45) is 13.0 Å². The van der Waals surface area contributed by atoms with E-state index < -0.39 is 0 Å². The van der Waals surface area contributed by atoms with E-state index >= 15 is 0 Å². The molecule has 34 heavy (non-hydrogen) atoms. The number of aromatic nitrogens is 2. The highest BCUT2D eigenvalue weighted by atomic mass is 35.5. The van der Waals surface area contributed by atoms with Gasteiger partial charge in [-0.1, -0.05) is 23.7 Å². The normalized spacial score (nSPS) is 14.3. The Morgan fingerprint density at radius 1 is 1.06 bits per heavy atom. The minimum Gasteiger partial charge on any atom is -0.497 e. The molecular weight excluding hydrogens is 454 g/mol. The molecule has 0 bridgehead atoms. The van der Waals surface area contributed by atoms with Gasteiger partial charge in [0.1, 0.15) is 17.2 Å². The summed E-state index contributed by atoms with van der Waals surface area (Å²) < 4.78 is 18.4. The summed E-state index contributed by atoms with van der Waals surface area (Å²) in [4.78, 5) is 15.1. The molecule has 0 radical (unpaired) electrons. The van der Waals surface area contributed by atoms with Gasteiger partial charge in [-0.05, 0) is 60.7 Å². The Morgan fingerprint density at radius 2 is 1.79 bits per heavy atom. The van der Waals surface area contributed by atoms with Crippen LogP contribution in [0.5, 0.6) is 11.5 Å². The van der Waals surface area contributed by atoms with Crippen LogP contribution in [0.3, 0.4) is 0 Å². The molecule has 1 saturated heterocycles. The van der Waals surface area contributed by atoms with Crippen molar-refractivity contribution in [1.29, 1.82) is 0 Å². The summed E-state index contributed by atoms with van der Waals surface area (Å²) in [7, 11) is 5.02. The summed E-state index contributed by atoms with van der Waals surface area (Å²) in [5.41, 5.74) is 3.12. The van der Waals surface area contributed by atoms with Crippen LogP contribution in [-0.4, -0.2) is 54.5 Å². The van der Waals surface area contributed by atoms with E-state index in [0.29, 0.717) is 55.1 Å². The van der Waals surface area contributed by atoms with E-state index in [4.69, 9.17) is 25.8 Å². The number of aryl methyl sites for hydroxylation is 1. The number of hydrogen-bond acceptors (Lipinski definition) is 5. The Morgan fingerprint density at radius 3 is 2.47 bits per heavy atom. The lowest BCUT2D eigenvalue weighted by atomic mass is 9.97. The van der Waals surface area contributed by atoms with E-state index in [-0.39, 0.29) is 5.91 Å². The maximum Gasteiger partial charge on any atom is 0.272 e. The highest BCUT2D eigenvalue weighted by Crippen LogP contribution is 2.33. The summed E-state index contributed by atoms with van der Waals surface area (Å²) in [6.45, 7) is 2.67. The van der Waals surface area contributed by atoms with Gasteiger partial charge in [-0.25, -0.2) is 0 Å². The zero-order valence-electron chi connectivity index (χ0n) is 19.8. The Balaban J connectivity index is 1.35. The fraction of sp³-hybridized carbons (Fsp3) is 0.385. The van der Waals surface area contributed by atoms with Crippen LogP contribution in [-0.2, 0) is 18.4 Å². The van der Waals surface area contributed by atoms with Crippen LogP contribution in [0.25, 0.3) is 11.3 Å². The highest BCUT2D eigenvalue weighted by molar-refractivity contribution is 6.30. The molecule has 1 aliphatic heterocycles.